The first kappa shape index (κ1) is 22.1. The fourth-order valence-electron chi connectivity index (χ4n) is 4.79. The summed E-state index contributed by atoms with van der Waals surface area (Å²) < 4.78 is 1.93. The quantitative estimate of drug-likeness (QED) is 0.595. The van der Waals surface area contributed by atoms with E-state index in [9.17, 15) is 9.59 Å². The van der Waals surface area contributed by atoms with Gasteiger partial charge in [-0.05, 0) is 25.0 Å². The van der Waals surface area contributed by atoms with Gasteiger partial charge in [-0.25, -0.2) is 4.98 Å². The van der Waals surface area contributed by atoms with Crippen LogP contribution < -0.4 is 4.90 Å². The SMILES string of the molecule is CC(=O)N1CCN(C(=O)C2CCCN(c3ccc(-n4ccnc4-c4ccccc4)nn3)C2)CC1. The second-order valence-electron chi connectivity index (χ2n) is 8.85. The van der Waals surface area contributed by atoms with E-state index in [1.54, 1.807) is 18.0 Å². The molecule has 176 valence electrons. The van der Waals surface area contributed by atoms with Crippen LogP contribution in [0.15, 0.2) is 54.9 Å². The van der Waals surface area contributed by atoms with Crippen molar-refractivity contribution in [1.82, 2.24) is 29.5 Å². The third kappa shape index (κ3) is 4.50. The van der Waals surface area contributed by atoms with Crippen molar-refractivity contribution >= 4 is 17.6 Å². The summed E-state index contributed by atoms with van der Waals surface area (Å²) in [5.74, 6) is 2.50. The topological polar surface area (TPSA) is 87.5 Å². The number of carbonyl (C=O) groups is 2. The molecule has 2 aromatic heterocycles. The molecule has 2 amide bonds. The molecule has 1 atom stereocenters. The van der Waals surface area contributed by atoms with Crippen LogP contribution in [0.5, 0.6) is 0 Å². The van der Waals surface area contributed by atoms with E-state index in [-0.39, 0.29) is 17.7 Å². The standard InChI is InChI=1S/C25H29N7O2/c1-19(33)29-14-16-30(17-15-29)25(34)21-8-5-12-31(18-21)22-9-10-23(28-27-22)32-13-11-26-24(32)20-6-3-2-4-7-20/h2-4,6-7,9-11,13,21H,5,8,12,14-18H2,1H3. The van der Waals surface area contributed by atoms with Crippen molar-refractivity contribution in [2.24, 2.45) is 5.92 Å². The van der Waals surface area contributed by atoms with E-state index in [0.717, 1.165) is 36.6 Å². The van der Waals surface area contributed by atoms with Gasteiger partial charge in [0.05, 0.1) is 5.92 Å². The minimum absolute atomic E-state index is 0.0579. The molecule has 1 aromatic carbocycles. The molecule has 2 saturated heterocycles. The first-order valence-corrected chi connectivity index (χ1v) is 11.8. The van der Waals surface area contributed by atoms with Crippen LogP contribution >= 0.6 is 0 Å². The van der Waals surface area contributed by atoms with Gasteiger partial charge < -0.3 is 14.7 Å². The Morgan fingerprint density at radius 1 is 0.882 bits per heavy atom. The maximum absolute atomic E-state index is 13.1. The van der Waals surface area contributed by atoms with Gasteiger partial charge in [0.2, 0.25) is 11.8 Å². The molecule has 4 heterocycles. The van der Waals surface area contributed by atoms with Gasteiger partial charge >= 0.3 is 0 Å². The van der Waals surface area contributed by atoms with Crippen LogP contribution in [0.4, 0.5) is 5.82 Å². The summed E-state index contributed by atoms with van der Waals surface area (Å²) in [5.41, 5.74) is 1.01. The summed E-state index contributed by atoms with van der Waals surface area (Å²) in [6.45, 7) is 5.53. The minimum Gasteiger partial charge on any atom is -0.354 e. The van der Waals surface area contributed by atoms with E-state index in [1.165, 1.54) is 0 Å². The number of benzene rings is 1. The van der Waals surface area contributed by atoms with Crippen molar-refractivity contribution < 1.29 is 9.59 Å². The Morgan fingerprint density at radius 3 is 2.29 bits per heavy atom. The molecule has 34 heavy (non-hydrogen) atoms. The number of piperazine rings is 1. The number of aromatic nitrogens is 4. The number of imidazole rings is 1. The number of anilines is 1. The van der Waals surface area contributed by atoms with E-state index >= 15 is 0 Å². The predicted molar refractivity (Wildman–Crippen MR) is 128 cm³/mol. The number of carbonyl (C=O) groups excluding carboxylic acids is 2. The van der Waals surface area contributed by atoms with E-state index in [2.05, 4.69) is 20.1 Å². The zero-order valence-corrected chi connectivity index (χ0v) is 19.4. The Morgan fingerprint density at radius 2 is 1.59 bits per heavy atom. The van der Waals surface area contributed by atoms with Crippen molar-refractivity contribution in [2.75, 3.05) is 44.2 Å². The molecule has 0 aliphatic carbocycles. The Kier molecular flexibility index (Phi) is 6.24. The van der Waals surface area contributed by atoms with Gasteiger partial charge in [0, 0.05) is 64.1 Å². The van der Waals surface area contributed by atoms with Crippen molar-refractivity contribution in [3.8, 4) is 17.2 Å². The van der Waals surface area contributed by atoms with Gasteiger partial charge in [0.15, 0.2) is 11.6 Å². The largest absolute Gasteiger partial charge is 0.354 e. The molecular formula is C25H29N7O2. The fraction of sp³-hybridized carbons (Fsp3) is 0.400. The summed E-state index contributed by atoms with van der Waals surface area (Å²) in [6, 6.07) is 13.9. The smallest absolute Gasteiger partial charge is 0.227 e. The van der Waals surface area contributed by atoms with Crippen LogP contribution in [0.1, 0.15) is 19.8 Å². The normalized spacial score (nSPS) is 18.7. The molecule has 9 heteroatoms. The Balaban J connectivity index is 1.25. The Labute approximate surface area is 199 Å². The summed E-state index contributed by atoms with van der Waals surface area (Å²) in [7, 11) is 0. The molecule has 0 saturated carbocycles. The van der Waals surface area contributed by atoms with Gasteiger partial charge in [0.1, 0.15) is 5.82 Å². The first-order chi connectivity index (χ1) is 16.6. The van der Waals surface area contributed by atoms with Crippen LogP contribution in [0.2, 0.25) is 0 Å². The summed E-state index contributed by atoms with van der Waals surface area (Å²) in [4.78, 5) is 35.1. The molecule has 0 spiro atoms. The van der Waals surface area contributed by atoms with Crippen molar-refractivity contribution in [3.63, 3.8) is 0 Å². The lowest BCUT2D eigenvalue weighted by Gasteiger charge is -2.39. The zero-order valence-electron chi connectivity index (χ0n) is 19.4. The molecule has 2 aliphatic heterocycles. The molecule has 3 aromatic rings. The molecule has 0 radical (unpaired) electrons. The predicted octanol–water partition coefficient (Wildman–Crippen LogP) is 2.24. The zero-order chi connectivity index (χ0) is 23.5. The third-order valence-electron chi connectivity index (χ3n) is 6.69. The highest BCUT2D eigenvalue weighted by atomic mass is 16.2. The highest BCUT2D eigenvalue weighted by Gasteiger charge is 2.32. The average Bonchev–Trinajstić information content (AvgIpc) is 3.39. The van der Waals surface area contributed by atoms with Gasteiger partial charge in [-0.15, -0.1) is 10.2 Å². The fourth-order valence-corrected chi connectivity index (χ4v) is 4.79. The second kappa shape index (κ2) is 9.62. The van der Waals surface area contributed by atoms with E-state index in [0.29, 0.717) is 38.5 Å². The molecule has 2 aliphatic rings. The van der Waals surface area contributed by atoms with Gasteiger partial charge in [-0.1, -0.05) is 30.3 Å². The maximum Gasteiger partial charge on any atom is 0.227 e. The van der Waals surface area contributed by atoms with Crippen molar-refractivity contribution in [1.29, 1.82) is 0 Å². The molecule has 5 rings (SSSR count). The second-order valence-corrected chi connectivity index (χ2v) is 8.85. The van der Waals surface area contributed by atoms with Gasteiger partial charge in [-0.3, -0.25) is 14.2 Å². The monoisotopic (exact) mass is 459 g/mol. The van der Waals surface area contributed by atoms with Crippen LogP contribution in [-0.4, -0.2) is 80.6 Å². The van der Waals surface area contributed by atoms with E-state index in [4.69, 9.17) is 0 Å². The van der Waals surface area contributed by atoms with E-state index < -0.39 is 0 Å². The van der Waals surface area contributed by atoms with Crippen LogP contribution in [0.3, 0.4) is 0 Å². The summed E-state index contributed by atoms with van der Waals surface area (Å²) in [6.07, 6.45) is 5.46. The molecular weight excluding hydrogens is 430 g/mol. The summed E-state index contributed by atoms with van der Waals surface area (Å²) >= 11 is 0. The number of nitrogens with zero attached hydrogens (tertiary/aromatic N) is 7. The molecule has 9 nitrogen and oxygen atoms in total. The average molecular weight is 460 g/mol. The van der Waals surface area contributed by atoms with E-state index in [1.807, 2.05) is 58.1 Å². The van der Waals surface area contributed by atoms with Gasteiger partial charge in [0.25, 0.3) is 0 Å². The molecule has 2 fully saturated rings. The lowest BCUT2D eigenvalue weighted by molar-refractivity contribution is -0.141. The molecule has 0 N–H and O–H groups in total. The number of amides is 2. The van der Waals surface area contributed by atoms with Crippen molar-refractivity contribution in [2.45, 2.75) is 19.8 Å². The highest BCUT2D eigenvalue weighted by molar-refractivity contribution is 5.80. The Hall–Kier alpha value is -3.75. The number of hydrogen-bond acceptors (Lipinski definition) is 6. The van der Waals surface area contributed by atoms with Crippen LogP contribution in [-0.2, 0) is 9.59 Å². The lowest BCUT2D eigenvalue weighted by Crippen LogP contribution is -2.53. The maximum atomic E-state index is 13.1. The number of rotatable bonds is 4. The van der Waals surface area contributed by atoms with Gasteiger partial charge in [-0.2, -0.15) is 0 Å². The minimum atomic E-state index is -0.0579. The van der Waals surface area contributed by atoms with Crippen molar-refractivity contribution in [3.05, 3.63) is 54.9 Å². The van der Waals surface area contributed by atoms with Crippen LogP contribution in [0, 0.1) is 5.92 Å². The van der Waals surface area contributed by atoms with Crippen LogP contribution in [0.25, 0.3) is 17.2 Å². The lowest BCUT2D eigenvalue weighted by atomic mass is 9.96. The summed E-state index contributed by atoms with van der Waals surface area (Å²) in [5, 5.41) is 8.95. The Bertz CT molecular complexity index is 1140. The first-order valence-electron chi connectivity index (χ1n) is 11.8. The molecule has 0 bridgehead atoms. The number of piperidine rings is 1. The third-order valence-corrected chi connectivity index (χ3v) is 6.69. The highest BCUT2D eigenvalue weighted by Crippen LogP contribution is 2.25. The molecule has 1 unspecified atom stereocenters. The number of hydrogen-bond donors (Lipinski definition) is 0.